The number of likely N-dealkylation sites (N-methyl/N-ethyl adjacent to an activating group) is 1. The van der Waals surface area contributed by atoms with Gasteiger partial charge in [0.2, 0.25) is 5.91 Å². The number of ketones is 1. The van der Waals surface area contributed by atoms with Gasteiger partial charge in [0, 0.05) is 25.9 Å². The Labute approximate surface area is 176 Å². The lowest BCUT2D eigenvalue weighted by Gasteiger charge is -2.18. The molecule has 0 bridgehead atoms. The summed E-state index contributed by atoms with van der Waals surface area (Å²) in [6.45, 7) is 0.182. The summed E-state index contributed by atoms with van der Waals surface area (Å²) in [7, 11) is 1.56. The van der Waals surface area contributed by atoms with Gasteiger partial charge in [-0.2, -0.15) is 18.3 Å². The van der Waals surface area contributed by atoms with Gasteiger partial charge >= 0.3 is 6.18 Å². The maximum Gasteiger partial charge on any atom is 0.416 e. The first-order chi connectivity index (χ1) is 14.8. The molecule has 1 aromatic heterocycles. The predicted octanol–water partition coefficient (Wildman–Crippen LogP) is 3.27. The van der Waals surface area contributed by atoms with Crippen LogP contribution in [-0.4, -0.2) is 44.9 Å². The molecule has 0 radical (unpaired) electrons. The number of benzene rings is 2. The van der Waals surface area contributed by atoms with Crippen molar-refractivity contribution < 1.29 is 22.8 Å². The summed E-state index contributed by atoms with van der Waals surface area (Å²) < 4.78 is 41.0. The summed E-state index contributed by atoms with van der Waals surface area (Å²) in [4.78, 5) is 31.3. The molecular formula is C22H19F3N4O2. The number of aromatic nitrogens is 3. The quantitative estimate of drug-likeness (QED) is 0.585. The molecule has 3 aromatic rings. The third-order valence-electron chi connectivity index (χ3n) is 5.53. The van der Waals surface area contributed by atoms with Gasteiger partial charge in [-0.05, 0) is 23.3 Å². The van der Waals surface area contributed by atoms with Crippen molar-refractivity contribution in [2.75, 3.05) is 13.6 Å². The highest BCUT2D eigenvalue weighted by atomic mass is 19.4. The molecular weight excluding hydrogens is 409 g/mol. The Morgan fingerprint density at radius 2 is 1.94 bits per heavy atom. The number of carbonyl (C=O) groups excluding carboxylic acids is 2. The highest BCUT2D eigenvalue weighted by molar-refractivity contribution is 6.04. The fourth-order valence-corrected chi connectivity index (χ4v) is 4.02. The maximum atomic E-state index is 13.2. The third-order valence-corrected chi connectivity index (χ3v) is 5.53. The standard InChI is InChI=1S/C22H19F3N4O2/c1-28-11-17(14-6-4-7-16(9-14)22(23,24)25)20(21(28)31)19(30)10-15-5-2-3-8-18(15)29-13-26-12-27-29/h2-9,12-13,17,20H,10-11H2,1H3/t17-,20+/m1/s1. The number of Topliss-reactive ketones (excluding diaryl/α,β-unsaturated/α-hetero) is 1. The minimum absolute atomic E-state index is 0.0459. The van der Waals surface area contributed by atoms with Crippen LogP contribution in [0.1, 0.15) is 22.6 Å². The van der Waals surface area contributed by atoms with E-state index in [9.17, 15) is 22.8 Å². The second kappa shape index (κ2) is 7.98. The van der Waals surface area contributed by atoms with Crippen molar-refractivity contribution >= 4 is 11.7 Å². The maximum absolute atomic E-state index is 13.2. The molecule has 31 heavy (non-hydrogen) atoms. The van der Waals surface area contributed by atoms with Crippen LogP contribution in [0.4, 0.5) is 13.2 Å². The summed E-state index contributed by atoms with van der Waals surface area (Å²) in [5, 5.41) is 4.09. The van der Waals surface area contributed by atoms with Crippen molar-refractivity contribution in [3.05, 3.63) is 77.9 Å². The van der Waals surface area contributed by atoms with E-state index in [0.717, 1.165) is 12.1 Å². The van der Waals surface area contributed by atoms with E-state index in [1.54, 1.807) is 31.3 Å². The second-order valence-electron chi connectivity index (χ2n) is 7.54. The molecule has 0 aliphatic carbocycles. The van der Waals surface area contributed by atoms with Gasteiger partial charge in [0.1, 0.15) is 24.4 Å². The zero-order chi connectivity index (χ0) is 22.2. The number of hydrogen-bond acceptors (Lipinski definition) is 4. The van der Waals surface area contributed by atoms with E-state index < -0.39 is 23.6 Å². The zero-order valence-corrected chi connectivity index (χ0v) is 16.6. The number of hydrogen-bond donors (Lipinski definition) is 0. The van der Waals surface area contributed by atoms with Crippen molar-refractivity contribution in [2.45, 2.75) is 18.5 Å². The van der Waals surface area contributed by atoms with Crippen LogP contribution >= 0.6 is 0 Å². The van der Waals surface area contributed by atoms with Crippen LogP contribution in [0.2, 0.25) is 0 Å². The van der Waals surface area contributed by atoms with Crippen LogP contribution in [0.15, 0.2) is 61.2 Å². The second-order valence-corrected chi connectivity index (χ2v) is 7.54. The molecule has 1 fully saturated rings. The van der Waals surface area contributed by atoms with Crippen LogP contribution < -0.4 is 0 Å². The van der Waals surface area contributed by atoms with Crippen LogP contribution in [0.3, 0.4) is 0 Å². The summed E-state index contributed by atoms with van der Waals surface area (Å²) in [5.41, 5.74) is 0.844. The first-order valence-corrected chi connectivity index (χ1v) is 9.63. The van der Waals surface area contributed by atoms with Crippen LogP contribution in [0.5, 0.6) is 0 Å². The van der Waals surface area contributed by atoms with E-state index in [0.29, 0.717) is 16.8 Å². The van der Waals surface area contributed by atoms with Crippen LogP contribution in [0.25, 0.3) is 5.69 Å². The van der Waals surface area contributed by atoms with Crippen molar-refractivity contribution in [2.24, 2.45) is 5.92 Å². The summed E-state index contributed by atoms with van der Waals surface area (Å²) in [5.74, 6) is -2.42. The van der Waals surface area contributed by atoms with E-state index >= 15 is 0 Å². The van der Waals surface area contributed by atoms with Gasteiger partial charge in [-0.3, -0.25) is 9.59 Å². The molecule has 4 rings (SSSR count). The van der Waals surface area contributed by atoms with Crippen molar-refractivity contribution in [3.8, 4) is 5.69 Å². The molecule has 0 N–H and O–H groups in total. The van der Waals surface area contributed by atoms with E-state index in [1.807, 2.05) is 0 Å². The number of likely N-dealkylation sites (tertiary alicyclic amines) is 1. The molecule has 2 atom stereocenters. The molecule has 160 valence electrons. The number of nitrogens with zero attached hydrogens (tertiary/aromatic N) is 4. The predicted molar refractivity (Wildman–Crippen MR) is 105 cm³/mol. The molecule has 1 aliphatic heterocycles. The molecule has 0 saturated carbocycles. The van der Waals surface area contributed by atoms with Gasteiger partial charge in [0.25, 0.3) is 0 Å². The fraction of sp³-hybridized carbons (Fsp3) is 0.273. The Morgan fingerprint density at radius 1 is 1.16 bits per heavy atom. The molecule has 2 heterocycles. The molecule has 1 amide bonds. The van der Waals surface area contributed by atoms with Gasteiger partial charge in [0.05, 0.1) is 11.3 Å². The van der Waals surface area contributed by atoms with Crippen LogP contribution in [-0.2, 0) is 22.2 Å². The average Bonchev–Trinajstić information content (AvgIpc) is 3.37. The summed E-state index contributed by atoms with van der Waals surface area (Å²) >= 11 is 0. The number of carbonyl (C=O) groups is 2. The van der Waals surface area contributed by atoms with Crippen molar-refractivity contribution in [1.29, 1.82) is 0 Å². The highest BCUT2D eigenvalue weighted by Gasteiger charge is 2.44. The minimum atomic E-state index is -4.50. The van der Waals surface area contributed by atoms with Gasteiger partial charge < -0.3 is 4.90 Å². The first kappa shape index (κ1) is 20.8. The fourth-order valence-electron chi connectivity index (χ4n) is 4.02. The number of halogens is 3. The third kappa shape index (κ3) is 4.08. The molecule has 2 aromatic carbocycles. The average molecular weight is 428 g/mol. The Balaban J connectivity index is 1.65. The molecule has 1 saturated heterocycles. The summed E-state index contributed by atoms with van der Waals surface area (Å²) in [6.07, 6.45) is -1.67. The van der Waals surface area contributed by atoms with E-state index in [2.05, 4.69) is 10.1 Å². The Morgan fingerprint density at radius 3 is 2.65 bits per heavy atom. The Hall–Kier alpha value is -3.49. The lowest BCUT2D eigenvalue weighted by atomic mass is 9.83. The number of rotatable bonds is 5. The largest absolute Gasteiger partial charge is 0.416 e. The molecule has 9 heteroatoms. The smallest absolute Gasteiger partial charge is 0.344 e. The Kier molecular flexibility index (Phi) is 5.34. The zero-order valence-electron chi connectivity index (χ0n) is 16.6. The first-order valence-electron chi connectivity index (χ1n) is 9.63. The lowest BCUT2D eigenvalue weighted by Crippen LogP contribution is -2.29. The Bertz CT molecular complexity index is 1110. The minimum Gasteiger partial charge on any atom is -0.344 e. The van der Waals surface area contributed by atoms with Gasteiger partial charge in [-0.1, -0.05) is 36.4 Å². The SMILES string of the molecule is CN1C[C@H](c2cccc(C(F)(F)F)c2)[C@@H](C(=O)Cc2ccccc2-n2cncn2)C1=O. The van der Waals surface area contributed by atoms with Gasteiger partial charge in [0.15, 0.2) is 0 Å². The molecule has 1 aliphatic rings. The summed E-state index contributed by atoms with van der Waals surface area (Å²) in [6, 6.07) is 12.0. The molecule has 6 nitrogen and oxygen atoms in total. The van der Waals surface area contributed by atoms with E-state index in [1.165, 1.54) is 34.4 Å². The van der Waals surface area contributed by atoms with Gasteiger partial charge in [-0.25, -0.2) is 9.67 Å². The monoisotopic (exact) mass is 428 g/mol. The van der Waals surface area contributed by atoms with Crippen LogP contribution in [0, 0.1) is 5.92 Å². The van der Waals surface area contributed by atoms with E-state index in [-0.39, 0.29) is 24.7 Å². The van der Waals surface area contributed by atoms with E-state index in [4.69, 9.17) is 0 Å². The molecule has 0 unspecified atom stereocenters. The number of amides is 1. The lowest BCUT2D eigenvalue weighted by molar-refractivity contribution is -0.137. The highest BCUT2D eigenvalue weighted by Crippen LogP contribution is 2.37. The number of para-hydroxylation sites is 1. The van der Waals surface area contributed by atoms with Gasteiger partial charge in [-0.15, -0.1) is 0 Å². The van der Waals surface area contributed by atoms with Crippen molar-refractivity contribution in [1.82, 2.24) is 19.7 Å². The molecule has 0 spiro atoms. The topological polar surface area (TPSA) is 68.1 Å². The van der Waals surface area contributed by atoms with Crippen molar-refractivity contribution in [3.63, 3.8) is 0 Å². The number of alkyl halides is 3. The normalized spacial score (nSPS) is 19.1.